The van der Waals surface area contributed by atoms with Crippen LogP contribution in [0.4, 0.5) is 0 Å². The Morgan fingerprint density at radius 3 is 2.41 bits per heavy atom. The molecular formula is C13H19NO2S. The van der Waals surface area contributed by atoms with E-state index in [0.29, 0.717) is 0 Å². The van der Waals surface area contributed by atoms with Crippen molar-refractivity contribution >= 4 is 10.0 Å². The fourth-order valence-corrected chi connectivity index (χ4v) is 3.70. The van der Waals surface area contributed by atoms with Gasteiger partial charge in [0.1, 0.15) is 0 Å². The van der Waals surface area contributed by atoms with E-state index >= 15 is 0 Å². The quantitative estimate of drug-likeness (QED) is 0.846. The van der Waals surface area contributed by atoms with Crippen LogP contribution >= 0.6 is 0 Å². The van der Waals surface area contributed by atoms with E-state index in [1.165, 1.54) is 0 Å². The molecule has 1 aromatic carbocycles. The van der Waals surface area contributed by atoms with Gasteiger partial charge in [0.2, 0.25) is 10.0 Å². The minimum Gasteiger partial charge on any atom is -0.212 e. The molecule has 0 radical (unpaired) electrons. The lowest BCUT2D eigenvalue weighted by molar-refractivity contribution is 0.549. The predicted molar refractivity (Wildman–Crippen MR) is 69.2 cm³/mol. The third-order valence-corrected chi connectivity index (χ3v) is 4.72. The van der Waals surface area contributed by atoms with Gasteiger partial charge in [-0.15, -0.1) is 0 Å². The van der Waals surface area contributed by atoms with Crippen LogP contribution in [0.25, 0.3) is 0 Å². The Morgan fingerprint density at radius 2 is 1.88 bits per heavy atom. The summed E-state index contributed by atoms with van der Waals surface area (Å²) in [6, 6.07) is 9.85. The summed E-state index contributed by atoms with van der Waals surface area (Å²) in [5, 5.41) is 0. The van der Waals surface area contributed by atoms with E-state index in [1.54, 1.807) is 0 Å². The Kier molecular flexibility index (Phi) is 3.54. The molecule has 0 aromatic heterocycles. The first-order valence-electron chi connectivity index (χ1n) is 6.15. The molecule has 1 aromatic rings. The first-order chi connectivity index (χ1) is 8.08. The number of sulfonamides is 1. The molecule has 1 aliphatic rings. The molecule has 0 aliphatic heterocycles. The Labute approximate surface area is 103 Å². The molecule has 0 heterocycles. The van der Waals surface area contributed by atoms with Gasteiger partial charge >= 0.3 is 0 Å². The van der Waals surface area contributed by atoms with E-state index in [0.717, 1.165) is 31.2 Å². The van der Waals surface area contributed by atoms with Gasteiger partial charge in [-0.2, -0.15) is 0 Å². The van der Waals surface area contributed by atoms with Crippen LogP contribution in [-0.4, -0.2) is 14.2 Å². The van der Waals surface area contributed by atoms with Crippen molar-refractivity contribution in [3.05, 3.63) is 35.9 Å². The van der Waals surface area contributed by atoms with Crippen molar-refractivity contribution in [2.24, 2.45) is 0 Å². The van der Waals surface area contributed by atoms with Crippen LogP contribution < -0.4 is 4.72 Å². The average molecular weight is 253 g/mol. The zero-order valence-corrected chi connectivity index (χ0v) is 11.0. The molecule has 0 amide bonds. The SMILES string of the molecule is CCCCS(=O)(=O)NC1(c2ccccc2)CC1. The lowest BCUT2D eigenvalue weighted by atomic mass is 10.1. The zero-order valence-electron chi connectivity index (χ0n) is 10.1. The van der Waals surface area contributed by atoms with E-state index in [9.17, 15) is 8.42 Å². The molecule has 94 valence electrons. The number of nitrogens with one attached hydrogen (secondary N) is 1. The smallest absolute Gasteiger partial charge is 0.212 e. The summed E-state index contributed by atoms with van der Waals surface area (Å²) >= 11 is 0. The monoisotopic (exact) mass is 253 g/mol. The van der Waals surface area contributed by atoms with Gasteiger partial charge in [0.05, 0.1) is 11.3 Å². The van der Waals surface area contributed by atoms with Gasteiger partial charge in [-0.3, -0.25) is 0 Å². The van der Waals surface area contributed by atoms with Crippen LogP contribution in [0, 0.1) is 0 Å². The standard InChI is InChI=1S/C13H19NO2S/c1-2-3-11-17(15,16)14-13(9-10-13)12-7-5-4-6-8-12/h4-8,14H,2-3,9-11H2,1H3. The minimum atomic E-state index is -3.14. The third-order valence-electron chi connectivity index (χ3n) is 3.19. The fourth-order valence-electron chi connectivity index (χ4n) is 2.01. The maximum Gasteiger partial charge on any atom is 0.212 e. The zero-order chi connectivity index (χ0) is 12.4. The van der Waals surface area contributed by atoms with Gasteiger partial charge in [0.15, 0.2) is 0 Å². The third kappa shape index (κ3) is 3.07. The average Bonchev–Trinajstić information content (AvgIpc) is 3.08. The van der Waals surface area contributed by atoms with E-state index < -0.39 is 10.0 Å². The van der Waals surface area contributed by atoms with Gasteiger partial charge < -0.3 is 0 Å². The van der Waals surface area contributed by atoms with Crippen LogP contribution in [0.3, 0.4) is 0 Å². The number of unbranched alkanes of at least 4 members (excludes halogenated alkanes) is 1. The van der Waals surface area contributed by atoms with Crippen LogP contribution in [0.15, 0.2) is 30.3 Å². The summed E-state index contributed by atoms with van der Waals surface area (Å²) in [7, 11) is -3.14. The van der Waals surface area contributed by atoms with Crippen molar-refractivity contribution in [3.8, 4) is 0 Å². The van der Waals surface area contributed by atoms with Crippen molar-refractivity contribution in [2.75, 3.05) is 5.75 Å². The van der Waals surface area contributed by atoms with Crippen molar-refractivity contribution in [2.45, 2.75) is 38.1 Å². The van der Waals surface area contributed by atoms with Gasteiger partial charge in [0.25, 0.3) is 0 Å². The number of hydrogen-bond donors (Lipinski definition) is 1. The molecule has 3 nitrogen and oxygen atoms in total. The summed E-state index contributed by atoms with van der Waals surface area (Å²) in [6.07, 6.45) is 3.43. The van der Waals surface area contributed by atoms with Crippen LogP contribution in [0.2, 0.25) is 0 Å². The second-order valence-electron chi connectivity index (χ2n) is 4.72. The molecule has 0 spiro atoms. The second-order valence-corrected chi connectivity index (χ2v) is 6.56. The topological polar surface area (TPSA) is 46.2 Å². The molecule has 0 atom stereocenters. The highest BCUT2D eigenvalue weighted by Crippen LogP contribution is 2.45. The highest BCUT2D eigenvalue weighted by molar-refractivity contribution is 7.89. The Bertz CT molecular complexity index is 463. The van der Waals surface area contributed by atoms with Crippen molar-refractivity contribution in [1.82, 2.24) is 4.72 Å². The summed E-state index contributed by atoms with van der Waals surface area (Å²) in [5.74, 6) is 0.234. The van der Waals surface area contributed by atoms with Crippen molar-refractivity contribution < 1.29 is 8.42 Å². The molecule has 1 fully saturated rings. The molecule has 1 N–H and O–H groups in total. The molecule has 0 unspecified atom stereocenters. The summed E-state index contributed by atoms with van der Waals surface area (Å²) in [5.41, 5.74) is 0.772. The highest BCUT2D eigenvalue weighted by Gasteiger charge is 2.46. The van der Waals surface area contributed by atoms with Crippen LogP contribution in [-0.2, 0) is 15.6 Å². The molecule has 4 heteroatoms. The fraction of sp³-hybridized carbons (Fsp3) is 0.538. The summed E-state index contributed by atoms with van der Waals surface area (Å²) < 4.78 is 26.7. The van der Waals surface area contributed by atoms with Gasteiger partial charge in [-0.05, 0) is 24.8 Å². The lowest BCUT2D eigenvalue weighted by Crippen LogP contribution is -2.36. The summed E-state index contributed by atoms with van der Waals surface area (Å²) in [4.78, 5) is 0. The molecule has 0 bridgehead atoms. The molecule has 2 rings (SSSR count). The molecule has 17 heavy (non-hydrogen) atoms. The lowest BCUT2D eigenvalue weighted by Gasteiger charge is -2.17. The van der Waals surface area contributed by atoms with Crippen LogP contribution in [0.1, 0.15) is 38.2 Å². The van der Waals surface area contributed by atoms with E-state index in [-0.39, 0.29) is 11.3 Å². The predicted octanol–water partition coefficient (Wildman–Crippen LogP) is 2.40. The summed E-state index contributed by atoms with van der Waals surface area (Å²) in [6.45, 7) is 2.00. The minimum absolute atomic E-state index is 0.234. The Morgan fingerprint density at radius 1 is 1.24 bits per heavy atom. The van der Waals surface area contributed by atoms with E-state index in [1.807, 2.05) is 37.3 Å². The van der Waals surface area contributed by atoms with Crippen LogP contribution in [0.5, 0.6) is 0 Å². The first kappa shape index (κ1) is 12.6. The highest BCUT2D eigenvalue weighted by atomic mass is 32.2. The van der Waals surface area contributed by atoms with E-state index in [2.05, 4.69) is 4.72 Å². The molecule has 0 saturated heterocycles. The number of hydrogen-bond acceptors (Lipinski definition) is 2. The molecular weight excluding hydrogens is 234 g/mol. The van der Waals surface area contributed by atoms with Crippen molar-refractivity contribution in [1.29, 1.82) is 0 Å². The molecule has 1 saturated carbocycles. The Hall–Kier alpha value is -0.870. The maximum atomic E-state index is 11.9. The Balaban J connectivity index is 2.09. The maximum absolute atomic E-state index is 11.9. The second kappa shape index (κ2) is 4.78. The van der Waals surface area contributed by atoms with Crippen molar-refractivity contribution in [3.63, 3.8) is 0 Å². The normalized spacial score (nSPS) is 17.9. The first-order valence-corrected chi connectivity index (χ1v) is 7.80. The molecule has 1 aliphatic carbocycles. The largest absolute Gasteiger partial charge is 0.212 e. The number of rotatable bonds is 6. The van der Waals surface area contributed by atoms with Gasteiger partial charge in [-0.25, -0.2) is 13.1 Å². The number of benzene rings is 1. The van der Waals surface area contributed by atoms with Gasteiger partial charge in [0, 0.05) is 0 Å². The van der Waals surface area contributed by atoms with E-state index in [4.69, 9.17) is 0 Å². The van der Waals surface area contributed by atoms with Gasteiger partial charge in [-0.1, -0.05) is 43.7 Å².